The monoisotopic (exact) mass is 781 g/mol. The van der Waals surface area contributed by atoms with Crippen molar-refractivity contribution in [2.24, 2.45) is 0 Å². The van der Waals surface area contributed by atoms with Crippen molar-refractivity contribution in [2.75, 3.05) is 4.90 Å². The molecule has 11 rings (SSSR count). The minimum Gasteiger partial charge on any atom is -0.310 e. The molecule has 0 radical (unpaired) electrons. The van der Waals surface area contributed by atoms with Gasteiger partial charge in [0.15, 0.2) is 0 Å². The van der Waals surface area contributed by atoms with Crippen molar-refractivity contribution in [3.8, 4) is 55.6 Å². The van der Waals surface area contributed by atoms with E-state index in [1.807, 2.05) is 11.3 Å². The minimum absolute atomic E-state index is 1.09. The van der Waals surface area contributed by atoms with E-state index >= 15 is 0 Å². The SMILES string of the molecule is c1ccc(-c2cc(-c3ccccc3)cc(-c3ccc(N(c4ccc(-c5cccc6c5sc5ccccc56)cc4)c4ccccc4-c4cccc5ccccc45)cc3)c2)cc1. The lowest BCUT2D eigenvalue weighted by molar-refractivity contribution is 1.28. The fraction of sp³-hybridized carbons (Fsp3) is 0. The third-order valence-corrected chi connectivity index (χ3v) is 12.9. The number of hydrogen-bond donors (Lipinski definition) is 0. The summed E-state index contributed by atoms with van der Waals surface area (Å²) in [4.78, 5) is 2.42. The Kier molecular flexibility index (Phi) is 9.11. The van der Waals surface area contributed by atoms with Crippen LogP contribution in [-0.2, 0) is 0 Å². The highest BCUT2D eigenvalue weighted by atomic mass is 32.1. The van der Waals surface area contributed by atoms with Crippen molar-refractivity contribution in [1.29, 1.82) is 0 Å². The van der Waals surface area contributed by atoms with Gasteiger partial charge in [0.05, 0.1) is 5.69 Å². The largest absolute Gasteiger partial charge is 0.310 e. The van der Waals surface area contributed by atoms with Crippen LogP contribution in [0.3, 0.4) is 0 Å². The van der Waals surface area contributed by atoms with Crippen LogP contribution in [0, 0.1) is 0 Å². The Morgan fingerprint density at radius 1 is 0.283 bits per heavy atom. The number of para-hydroxylation sites is 1. The summed E-state index contributed by atoms with van der Waals surface area (Å²) in [6.07, 6.45) is 0. The van der Waals surface area contributed by atoms with E-state index in [9.17, 15) is 0 Å². The van der Waals surface area contributed by atoms with Crippen molar-refractivity contribution >= 4 is 59.3 Å². The predicted molar refractivity (Wildman–Crippen MR) is 259 cm³/mol. The Morgan fingerprint density at radius 3 is 1.43 bits per heavy atom. The van der Waals surface area contributed by atoms with E-state index in [2.05, 4.69) is 241 Å². The molecule has 0 saturated heterocycles. The molecular formula is C58H39NS. The lowest BCUT2D eigenvalue weighted by atomic mass is 9.93. The molecule has 0 spiro atoms. The molecule has 0 unspecified atom stereocenters. The first-order chi connectivity index (χ1) is 29.7. The first-order valence-corrected chi connectivity index (χ1v) is 21.3. The molecule has 0 saturated carbocycles. The first-order valence-electron chi connectivity index (χ1n) is 20.5. The Morgan fingerprint density at radius 2 is 0.750 bits per heavy atom. The molecule has 0 bridgehead atoms. The molecule has 0 aliphatic heterocycles. The van der Waals surface area contributed by atoms with Gasteiger partial charge in [-0.15, -0.1) is 11.3 Å². The maximum Gasteiger partial charge on any atom is 0.0540 e. The molecule has 60 heavy (non-hydrogen) atoms. The van der Waals surface area contributed by atoms with Gasteiger partial charge in [0.25, 0.3) is 0 Å². The fourth-order valence-electron chi connectivity index (χ4n) is 8.74. The van der Waals surface area contributed by atoms with Gasteiger partial charge in [-0.05, 0) is 115 Å². The van der Waals surface area contributed by atoms with Crippen LogP contribution in [0.4, 0.5) is 17.1 Å². The van der Waals surface area contributed by atoms with Crippen LogP contribution in [0.15, 0.2) is 237 Å². The maximum absolute atomic E-state index is 2.42. The normalized spacial score (nSPS) is 11.3. The maximum atomic E-state index is 2.42. The number of hydrogen-bond acceptors (Lipinski definition) is 2. The van der Waals surface area contributed by atoms with Gasteiger partial charge >= 0.3 is 0 Å². The van der Waals surface area contributed by atoms with Gasteiger partial charge in [-0.1, -0.05) is 182 Å². The zero-order chi connectivity index (χ0) is 39.8. The van der Waals surface area contributed by atoms with Crippen molar-refractivity contribution < 1.29 is 0 Å². The molecule has 1 aromatic heterocycles. The molecular weight excluding hydrogens is 743 g/mol. The van der Waals surface area contributed by atoms with Gasteiger partial charge in [0, 0.05) is 37.1 Å². The van der Waals surface area contributed by atoms with E-state index in [-0.39, 0.29) is 0 Å². The van der Waals surface area contributed by atoms with Crippen molar-refractivity contribution in [3.05, 3.63) is 237 Å². The molecule has 1 nitrogen and oxygen atoms in total. The number of fused-ring (bicyclic) bond motifs is 4. The second-order valence-electron chi connectivity index (χ2n) is 15.3. The molecule has 2 heteroatoms. The van der Waals surface area contributed by atoms with Crippen LogP contribution in [0.2, 0.25) is 0 Å². The molecule has 11 aromatic rings. The zero-order valence-electron chi connectivity index (χ0n) is 32.9. The van der Waals surface area contributed by atoms with E-state index in [4.69, 9.17) is 0 Å². The van der Waals surface area contributed by atoms with E-state index in [1.54, 1.807) is 0 Å². The summed E-state index contributed by atoms with van der Waals surface area (Å²) < 4.78 is 2.64. The lowest BCUT2D eigenvalue weighted by Gasteiger charge is -2.28. The summed E-state index contributed by atoms with van der Waals surface area (Å²) in [6.45, 7) is 0. The molecule has 1 heterocycles. The van der Waals surface area contributed by atoms with E-state index in [0.29, 0.717) is 0 Å². The highest BCUT2D eigenvalue weighted by Gasteiger charge is 2.19. The van der Waals surface area contributed by atoms with Crippen molar-refractivity contribution in [3.63, 3.8) is 0 Å². The average Bonchev–Trinajstić information content (AvgIpc) is 3.72. The fourth-order valence-corrected chi connectivity index (χ4v) is 9.98. The molecule has 0 N–H and O–H groups in total. The molecule has 0 amide bonds. The first kappa shape index (κ1) is 35.6. The Hall–Kier alpha value is -7.52. The highest BCUT2D eigenvalue weighted by molar-refractivity contribution is 7.26. The number of anilines is 3. The van der Waals surface area contributed by atoms with Crippen LogP contribution in [0.1, 0.15) is 0 Å². The molecule has 10 aromatic carbocycles. The summed E-state index contributed by atoms with van der Waals surface area (Å²) in [6, 6.07) is 86.1. The quantitative estimate of drug-likeness (QED) is 0.148. The van der Waals surface area contributed by atoms with E-state index in [1.165, 1.54) is 86.6 Å². The topological polar surface area (TPSA) is 3.24 Å². The Balaban J connectivity index is 1.05. The predicted octanol–water partition coefficient (Wildman–Crippen LogP) is 17.0. The number of rotatable bonds is 8. The van der Waals surface area contributed by atoms with Gasteiger partial charge in [0.1, 0.15) is 0 Å². The summed E-state index contributed by atoms with van der Waals surface area (Å²) in [7, 11) is 0. The third kappa shape index (κ3) is 6.54. The van der Waals surface area contributed by atoms with E-state index in [0.717, 1.165) is 17.1 Å². The highest BCUT2D eigenvalue weighted by Crippen LogP contribution is 2.45. The van der Waals surface area contributed by atoms with E-state index < -0.39 is 0 Å². The Labute approximate surface area is 354 Å². The van der Waals surface area contributed by atoms with Crippen LogP contribution in [-0.4, -0.2) is 0 Å². The van der Waals surface area contributed by atoms with Gasteiger partial charge in [-0.2, -0.15) is 0 Å². The molecule has 0 fully saturated rings. The molecule has 0 aliphatic rings. The van der Waals surface area contributed by atoms with Crippen LogP contribution in [0.5, 0.6) is 0 Å². The number of benzene rings is 10. The van der Waals surface area contributed by atoms with Crippen molar-refractivity contribution in [2.45, 2.75) is 0 Å². The third-order valence-electron chi connectivity index (χ3n) is 11.7. The number of thiophene rings is 1. The minimum atomic E-state index is 1.09. The van der Waals surface area contributed by atoms with Gasteiger partial charge in [-0.3, -0.25) is 0 Å². The summed E-state index contributed by atoms with van der Waals surface area (Å²) in [5, 5.41) is 5.10. The Bertz CT molecular complexity index is 3230. The number of nitrogens with zero attached hydrogens (tertiary/aromatic N) is 1. The van der Waals surface area contributed by atoms with Crippen molar-refractivity contribution in [1.82, 2.24) is 0 Å². The molecule has 0 aliphatic carbocycles. The second kappa shape index (κ2) is 15.3. The van der Waals surface area contributed by atoms with Gasteiger partial charge in [0.2, 0.25) is 0 Å². The summed E-state index contributed by atoms with van der Waals surface area (Å²) in [5.74, 6) is 0. The second-order valence-corrected chi connectivity index (χ2v) is 16.3. The summed E-state index contributed by atoms with van der Waals surface area (Å²) >= 11 is 1.88. The van der Waals surface area contributed by atoms with Crippen LogP contribution in [0.25, 0.3) is 86.6 Å². The van der Waals surface area contributed by atoms with Gasteiger partial charge in [-0.25, -0.2) is 0 Å². The zero-order valence-corrected chi connectivity index (χ0v) is 33.7. The summed E-state index contributed by atoms with van der Waals surface area (Å²) in [5.41, 5.74) is 15.3. The molecule has 0 atom stereocenters. The standard InChI is InChI=1S/C58H39NS/c1-3-15-40(16-4-1)45-37-46(41-17-5-2-6-18-41)39-47(38-45)42-29-33-48(34-30-42)59(56-27-11-9-22-53(56)52-25-13-20-43-19-7-8-21-50(43)52)49-35-31-44(32-36-49)51-24-14-26-55-54-23-10-12-28-57(54)60-58(51)55/h1-39H. The average molecular weight is 782 g/mol. The smallest absolute Gasteiger partial charge is 0.0540 e. The van der Waals surface area contributed by atoms with Crippen LogP contribution >= 0.6 is 11.3 Å². The lowest BCUT2D eigenvalue weighted by Crippen LogP contribution is -2.11. The molecule has 282 valence electrons. The van der Waals surface area contributed by atoms with Gasteiger partial charge < -0.3 is 4.90 Å². The van der Waals surface area contributed by atoms with Crippen LogP contribution < -0.4 is 4.90 Å².